The van der Waals surface area contributed by atoms with Crippen LogP contribution in [0.1, 0.15) is 39.4 Å². The second kappa shape index (κ2) is 4.53. The number of aromatic nitrogens is 2. The Morgan fingerprint density at radius 3 is 2.95 bits per heavy atom. The molecule has 0 fully saturated rings. The number of hydrogen-bond donors (Lipinski definition) is 1. The van der Waals surface area contributed by atoms with E-state index in [1.54, 1.807) is 4.57 Å². The number of imidazole rings is 1. The highest BCUT2D eigenvalue weighted by molar-refractivity contribution is 5.85. The normalized spacial score (nSPS) is 13.5. The molecule has 1 aliphatic rings. The van der Waals surface area contributed by atoms with E-state index in [2.05, 4.69) is 23.2 Å². The van der Waals surface area contributed by atoms with Crippen molar-refractivity contribution in [1.82, 2.24) is 9.55 Å². The zero-order valence-corrected chi connectivity index (χ0v) is 10.9. The molecule has 0 saturated heterocycles. The van der Waals surface area contributed by atoms with Crippen molar-refractivity contribution in [3.05, 3.63) is 52.6 Å². The summed E-state index contributed by atoms with van der Waals surface area (Å²) >= 11 is 0. The summed E-state index contributed by atoms with van der Waals surface area (Å²) in [5.41, 5.74) is 4.24. The molecule has 0 saturated carbocycles. The van der Waals surface area contributed by atoms with Gasteiger partial charge >= 0.3 is 5.97 Å². The first kappa shape index (κ1) is 12.0. The molecule has 3 rings (SSSR count). The van der Waals surface area contributed by atoms with Gasteiger partial charge in [0.2, 0.25) is 0 Å². The minimum absolute atomic E-state index is 0.248. The van der Waals surface area contributed by atoms with Crippen LogP contribution in [0.5, 0.6) is 0 Å². The molecule has 0 aliphatic heterocycles. The Bertz CT molecular complexity index is 644. The Kier molecular flexibility index (Phi) is 2.85. The molecule has 1 N–H and O–H groups in total. The quantitative estimate of drug-likeness (QED) is 0.917. The third-order valence-corrected chi connectivity index (χ3v) is 3.78. The first-order valence-corrected chi connectivity index (χ1v) is 6.51. The number of rotatable bonds is 3. The van der Waals surface area contributed by atoms with Gasteiger partial charge in [-0.15, -0.1) is 0 Å². The fraction of sp³-hybridized carbons (Fsp3) is 0.333. The van der Waals surface area contributed by atoms with Crippen LogP contribution in [0.4, 0.5) is 0 Å². The van der Waals surface area contributed by atoms with Gasteiger partial charge in [-0.1, -0.05) is 18.2 Å². The molecule has 1 aromatic heterocycles. The summed E-state index contributed by atoms with van der Waals surface area (Å²) in [7, 11) is 0. The zero-order valence-electron chi connectivity index (χ0n) is 10.9. The fourth-order valence-corrected chi connectivity index (χ4v) is 2.74. The minimum atomic E-state index is -0.929. The average molecular weight is 256 g/mol. The molecule has 0 unspecified atom stereocenters. The Balaban J connectivity index is 1.93. The van der Waals surface area contributed by atoms with E-state index in [4.69, 9.17) is 5.11 Å². The lowest BCUT2D eigenvalue weighted by molar-refractivity contribution is 0.0685. The number of hydrogen-bond acceptors (Lipinski definition) is 2. The lowest BCUT2D eigenvalue weighted by Gasteiger charge is -2.09. The molecule has 1 aromatic carbocycles. The maximum atomic E-state index is 11.2. The lowest BCUT2D eigenvalue weighted by Crippen LogP contribution is -2.11. The number of aryl methyl sites for hydroxylation is 3. The van der Waals surface area contributed by atoms with Crippen LogP contribution >= 0.6 is 0 Å². The second-order valence-electron chi connectivity index (χ2n) is 5.04. The molecular formula is C15H16N2O2. The smallest absolute Gasteiger partial charge is 0.354 e. The molecule has 19 heavy (non-hydrogen) atoms. The third-order valence-electron chi connectivity index (χ3n) is 3.78. The molecular weight excluding hydrogens is 240 g/mol. The Hall–Kier alpha value is -2.10. The standard InChI is InChI=1S/C15H16N2O2/c1-10-16-8-14(15(18)19)17(10)9-11-5-6-12-3-2-4-13(12)7-11/h5-8H,2-4,9H2,1H3,(H,18,19). The molecule has 0 bridgehead atoms. The van der Waals surface area contributed by atoms with Crippen LogP contribution in [0.3, 0.4) is 0 Å². The predicted molar refractivity (Wildman–Crippen MR) is 71.5 cm³/mol. The van der Waals surface area contributed by atoms with Gasteiger partial charge in [-0.3, -0.25) is 0 Å². The summed E-state index contributed by atoms with van der Waals surface area (Å²) in [4.78, 5) is 15.2. The molecule has 0 amide bonds. The van der Waals surface area contributed by atoms with Crippen molar-refractivity contribution in [3.63, 3.8) is 0 Å². The molecule has 0 atom stereocenters. The molecule has 4 heteroatoms. The van der Waals surface area contributed by atoms with E-state index in [-0.39, 0.29) is 5.69 Å². The van der Waals surface area contributed by atoms with Gasteiger partial charge in [0.15, 0.2) is 0 Å². The molecule has 0 radical (unpaired) electrons. The SMILES string of the molecule is Cc1ncc(C(=O)O)n1Cc1ccc2c(c1)CCC2. The van der Waals surface area contributed by atoms with Gasteiger partial charge in [0.1, 0.15) is 11.5 Å². The predicted octanol–water partition coefficient (Wildman–Crippen LogP) is 2.43. The molecule has 2 aromatic rings. The largest absolute Gasteiger partial charge is 0.477 e. The van der Waals surface area contributed by atoms with Gasteiger partial charge in [-0.2, -0.15) is 0 Å². The number of nitrogens with zero attached hydrogens (tertiary/aromatic N) is 2. The van der Waals surface area contributed by atoms with Gasteiger partial charge in [-0.25, -0.2) is 9.78 Å². The van der Waals surface area contributed by atoms with Crippen molar-refractivity contribution in [3.8, 4) is 0 Å². The van der Waals surface area contributed by atoms with Crippen LogP contribution in [0.15, 0.2) is 24.4 Å². The van der Waals surface area contributed by atoms with E-state index < -0.39 is 5.97 Å². The number of carboxylic acid groups (broad SMARTS) is 1. The average Bonchev–Trinajstić information content (AvgIpc) is 2.97. The minimum Gasteiger partial charge on any atom is -0.477 e. The summed E-state index contributed by atoms with van der Waals surface area (Å²) in [6, 6.07) is 6.47. The van der Waals surface area contributed by atoms with Crippen LogP contribution in [0.25, 0.3) is 0 Å². The molecule has 0 spiro atoms. The highest BCUT2D eigenvalue weighted by Gasteiger charge is 2.15. The van der Waals surface area contributed by atoms with Crippen molar-refractivity contribution < 1.29 is 9.90 Å². The number of aromatic carboxylic acids is 1. The maximum Gasteiger partial charge on any atom is 0.354 e. The highest BCUT2D eigenvalue weighted by Crippen LogP contribution is 2.23. The monoisotopic (exact) mass is 256 g/mol. The van der Waals surface area contributed by atoms with Crippen molar-refractivity contribution in [2.45, 2.75) is 32.7 Å². The van der Waals surface area contributed by atoms with Crippen LogP contribution in [-0.4, -0.2) is 20.6 Å². The van der Waals surface area contributed by atoms with Crippen LogP contribution in [0.2, 0.25) is 0 Å². The Morgan fingerprint density at radius 1 is 1.37 bits per heavy atom. The van der Waals surface area contributed by atoms with Gasteiger partial charge in [0, 0.05) is 6.54 Å². The van der Waals surface area contributed by atoms with Crippen molar-refractivity contribution in [1.29, 1.82) is 0 Å². The van der Waals surface area contributed by atoms with Gasteiger partial charge < -0.3 is 9.67 Å². The lowest BCUT2D eigenvalue weighted by atomic mass is 10.1. The van der Waals surface area contributed by atoms with Crippen molar-refractivity contribution in [2.24, 2.45) is 0 Å². The topological polar surface area (TPSA) is 55.1 Å². The molecule has 1 heterocycles. The van der Waals surface area contributed by atoms with E-state index in [9.17, 15) is 4.79 Å². The van der Waals surface area contributed by atoms with E-state index in [1.807, 2.05) is 6.92 Å². The summed E-state index contributed by atoms with van der Waals surface area (Å²) in [6.45, 7) is 2.40. The van der Waals surface area contributed by atoms with Crippen LogP contribution in [0, 0.1) is 6.92 Å². The van der Waals surface area contributed by atoms with E-state index >= 15 is 0 Å². The summed E-state index contributed by atoms with van der Waals surface area (Å²) < 4.78 is 1.75. The van der Waals surface area contributed by atoms with Gasteiger partial charge in [0.25, 0.3) is 0 Å². The van der Waals surface area contributed by atoms with Gasteiger partial charge in [-0.05, 0) is 42.9 Å². The van der Waals surface area contributed by atoms with Crippen LogP contribution in [-0.2, 0) is 19.4 Å². The fourth-order valence-electron chi connectivity index (χ4n) is 2.74. The third kappa shape index (κ3) is 2.14. The number of carboxylic acids is 1. The first-order chi connectivity index (χ1) is 9.15. The number of carbonyl (C=O) groups is 1. The zero-order chi connectivity index (χ0) is 13.4. The van der Waals surface area contributed by atoms with Crippen LogP contribution < -0.4 is 0 Å². The van der Waals surface area contributed by atoms with E-state index in [0.29, 0.717) is 6.54 Å². The Labute approximate surface area is 111 Å². The van der Waals surface area contributed by atoms with E-state index in [1.165, 1.54) is 30.2 Å². The second-order valence-corrected chi connectivity index (χ2v) is 5.04. The van der Waals surface area contributed by atoms with E-state index in [0.717, 1.165) is 17.8 Å². The summed E-state index contributed by atoms with van der Waals surface area (Å²) in [6.07, 6.45) is 4.95. The first-order valence-electron chi connectivity index (χ1n) is 6.51. The molecule has 98 valence electrons. The summed E-state index contributed by atoms with van der Waals surface area (Å²) in [5, 5.41) is 9.15. The number of benzene rings is 1. The van der Waals surface area contributed by atoms with Crippen molar-refractivity contribution >= 4 is 5.97 Å². The van der Waals surface area contributed by atoms with Crippen molar-refractivity contribution in [2.75, 3.05) is 0 Å². The Morgan fingerprint density at radius 2 is 2.16 bits per heavy atom. The number of fused-ring (bicyclic) bond motifs is 1. The highest BCUT2D eigenvalue weighted by atomic mass is 16.4. The summed E-state index contributed by atoms with van der Waals surface area (Å²) in [5.74, 6) is -0.195. The van der Waals surface area contributed by atoms with Gasteiger partial charge in [0.05, 0.1) is 6.20 Å². The molecule has 4 nitrogen and oxygen atoms in total. The molecule has 1 aliphatic carbocycles. The maximum absolute atomic E-state index is 11.2.